The first kappa shape index (κ1) is 13.0. The quantitative estimate of drug-likeness (QED) is 0.686. The highest BCUT2D eigenvalue weighted by Crippen LogP contribution is 2.37. The zero-order valence-electron chi connectivity index (χ0n) is 12.3. The molecule has 2 unspecified atom stereocenters. The van der Waals surface area contributed by atoms with E-state index in [2.05, 4.69) is 39.8 Å². The molecule has 3 aromatic heterocycles. The molecular formula is C16H18N4S. The highest BCUT2D eigenvalue weighted by molar-refractivity contribution is 7.25. The number of hydrogen-bond donors (Lipinski definition) is 0. The first-order valence-corrected chi connectivity index (χ1v) is 8.27. The summed E-state index contributed by atoms with van der Waals surface area (Å²) in [5, 5.41) is 1.14. The number of hydrogen-bond acceptors (Lipinski definition) is 5. The lowest BCUT2D eigenvalue weighted by atomic mass is 9.92. The lowest BCUT2D eigenvalue weighted by Crippen LogP contribution is -2.39. The molecule has 4 nitrogen and oxygen atoms in total. The molecule has 1 fully saturated rings. The lowest BCUT2D eigenvalue weighted by Gasteiger charge is -2.35. The molecule has 0 spiro atoms. The Labute approximate surface area is 127 Å². The summed E-state index contributed by atoms with van der Waals surface area (Å²) in [6, 6.07) is 4.07. The van der Waals surface area contributed by atoms with Crippen LogP contribution in [-0.2, 0) is 0 Å². The van der Waals surface area contributed by atoms with E-state index in [1.54, 1.807) is 17.7 Å². The molecule has 5 heteroatoms. The number of aromatic nitrogens is 3. The molecule has 3 aromatic rings. The normalized spacial score (nSPS) is 23.0. The second-order valence-electron chi connectivity index (χ2n) is 6.18. The van der Waals surface area contributed by atoms with E-state index in [4.69, 9.17) is 0 Å². The minimum Gasteiger partial charge on any atom is -0.355 e. The number of piperidine rings is 1. The third-order valence-corrected chi connectivity index (χ3v) is 5.28. The molecule has 21 heavy (non-hydrogen) atoms. The zero-order valence-corrected chi connectivity index (χ0v) is 13.1. The highest BCUT2D eigenvalue weighted by atomic mass is 32.1. The van der Waals surface area contributed by atoms with Crippen molar-refractivity contribution in [1.29, 1.82) is 0 Å². The van der Waals surface area contributed by atoms with Crippen LogP contribution >= 0.6 is 11.3 Å². The monoisotopic (exact) mass is 298 g/mol. The van der Waals surface area contributed by atoms with Gasteiger partial charge in [-0.05, 0) is 30.4 Å². The van der Waals surface area contributed by atoms with E-state index in [1.807, 2.05) is 12.3 Å². The number of thiophene rings is 1. The number of anilines is 1. The van der Waals surface area contributed by atoms with Gasteiger partial charge in [0, 0.05) is 24.7 Å². The fourth-order valence-electron chi connectivity index (χ4n) is 3.46. The first-order valence-electron chi connectivity index (χ1n) is 7.45. The van der Waals surface area contributed by atoms with Crippen LogP contribution in [0.25, 0.3) is 20.4 Å². The van der Waals surface area contributed by atoms with E-state index in [-0.39, 0.29) is 0 Å². The summed E-state index contributed by atoms with van der Waals surface area (Å²) in [6.07, 6.45) is 4.84. The van der Waals surface area contributed by atoms with Crippen LogP contribution in [0.1, 0.15) is 20.3 Å². The summed E-state index contributed by atoms with van der Waals surface area (Å²) in [4.78, 5) is 17.0. The van der Waals surface area contributed by atoms with Crippen LogP contribution in [-0.4, -0.2) is 28.0 Å². The Morgan fingerprint density at radius 2 is 1.95 bits per heavy atom. The van der Waals surface area contributed by atoms with E-state index >= 15 is 0 Å². The molecule has 0 amide bonds. The Kier molecular flexibility index (Phi) is 3.03. The van der Waals surface area contributed by atoms with Gasteiger partial charge in [0.1, 0.15) is 17.0 Å². The van der Waals surface area contributed by atoms with E-state index in [1.165, 1.54) is 11.1 Å². The van der Waals surface area contributed by atoms with Crippen molar-refractivity contribution in [1.82, 2.24) is 15.0 Å². The van der Waals surface area contributed by atoms with Crippen LogP contribution in [0, 0.1) is 11.8 Å². The summed E-state index contributed by atoms with van der Waals surface area (Å²) in [6.45, 7) is 6.82. The Morgan fingerprint density at radius 3 is 2.76 bits per heavy atom. The van der Waals surface area contributed by atoms with Crippen molar-refractivity contribution in [2.75, 3.05) is 18.0 Å². The Bertz CT molecular complexity index is 787. The number of pyridine rings is 1. The molecule has 0 aromatic carbocycles. The van der Waals surface area contributed by atoms with Gasteiger partial charge in [0.05, 0.1) is 10.2 Å². The summed E-state index contributed by atoms with van der Waals surface area (Å²) in [5.74, 6) is 2.51. The van der Waals surface area contributed by atoms with E-state index in [0.29, 0.717) is 11.8 Å². The third kappa shape index (κ3) is 2.16. The summed E-state index contributed by atoms with van der Waals surface area (Å²) < 4.78 is 1.17. The van der Waals surface area contributed by atoms with Crippen LogP contribution in [0.5, 0.6) is 0 Å². The average molecular weight is 298 g/mol. The van der Waals surface area contributed by atoms with Crippen molar-refractivity contribution in [3.8, 4) is 0 Å². The maximum Gasteiger partial charge on any atom is 0.150 e. The van der Waals surface area contributed by atoms with Gasteiger partial charge in [0.15, 0.2) is 0 Å². The molecule has 0 aliphatic carbocycles. The Morgan fingerprint density at radius 1 is 1.14 bits per heavy atom. The molecule has 0 bridgehead atoms. The second-order valence-corrected chi connectivity index (χ2v) is 7.18. The van der Waals surface area contributed by atoms with Crippen LogP contribution in [0.15, 0.2) is 24.7 Å². The van der Waals surface area contributed by atoms with Gasteiger partial charge >= 0.3 is 0 Å². The molecule has 0 N–H and O–H groups in total. The molecule has 1 aliphatic heterocycles. The average Bonchev–Trinajstić information content (AvgIpc) is 2.84. The fourth-order valence-corrected chi connectivity index (χ4v) is 4.57. The van der Waals surface area contributed by atoms with Crippen molar-refractivity contribution in [2.24, 2.45) is 11.8 Å². The largest absolute Gasteiger partial charge is 0.355 e. The van der Waals surface area contributed by atoms with Gasteiger partial charge in [-0.15, -0.1) is 11.3 Å². The molecule has 4 rings (SSSR count). The first-order chi connectivity index (χ1) is 10.2. The van der Waals surface area contributed by atoms with Crippen molar-refractivity contribution in [3.63, 3.8) is 0 Å². The smallest absolute Gasteiger partial charge is 0.150 e. The maximum absolute atomic E-state index is 4.59. The molecule has 2 atom stereocenters. The predicted molar refractivity (Wildman–Crippen MR) is 87.9 cm³/mol. The Balaban J connectivity index is 1.88. The molecule has 1 aliphatic rings. The second kappa shape index (κ2) is 4.91. The maximum atomic E-state index is 4.59. The van der Waals surface area contributed by atoms with Crippen molar-refractivity contribution < 1.29 is 0 Å². The Hall–Kier alpha value is -1.75. The van der Waals surface area contributed by atoms with Gasteiger partial charge in [-0.2, -0.15) is 0 Å². The third-order valence-electron chi connectivity index (χ3n) is 4.18. The molecule has 0 radical (unpaired) electrons. The predicted octanol–water partition coefficient (Wildman–Crippen LogP) is 3.72. The molecule has 1 saturated heterocycles. The van der Waals surface area contributed by atoms with Crippen LogP contribution in [0.4, 0.5) is 5.82 Å². The van der Waals surface area contributed by atoms with Crippen LogP contribution < -0.4 is 4.90 Å². The highest BCUT2D eigenvalue weighted by Gasteiger charge is 2.25. The molecule has 108 valence electrons. The van der Waals surface area contributed by atoms with E-state index < -0.39 is 0 Å². The topological polar surface area (TPSA) is 41.9 Å². The minimum absolute atomic E-state index is 0.714. The standard InChI is InChI=1S/C16H18N4S/c1-10-6-11(2)8-20(7-10)15-14-13(18-9-19-15)12-4-3-5-17-16(12)21-14/h3-5,9-11H,6-8H2,1-2H3. The van der Waals surface area contributed by atoms with Crippen molar-refractivity contribution in [3.05, 3.63) is 24.7 Å². The summed E-state index contributed by atoms with van der Waals surface area (Å²) in [7, 11) is 0. The summed E-state index contributed by atoms with van der Waals surface area (Å²) in [5.41, 5.74) is 1.04. The van der Waals surface area contributed by atoms with Gasteiger partial charge in [0.25, 0.3) is 0 Å². The number of fused-ring (bicyclic) bond motifs is 3. The van der Waals surface area contributed by atoms with Gasteiger partial charge < -0.3 is 4.90 Å². The van der Waals surface area contributed by atoms with Gasteiger partial charge in [-0.1, -0.05) is 13.8 Å². The van der Waals surface area contributed by atoms with Crippen molar-refractivity contribution in [2.45, 2.75) is 20.3 Å². The van der Waals surface area contributed by atoms with E-state index in [0.717, 1.165) is 34.6 Å². The molecule has 4 heterocycles. The number of nitrogens with zero attached hydrogens (tertiary/aromatic N) is 4. The van der Waals surface area contributed by atoms with Gasteiger partial charge in [-0.25, -0.2) is 15.0 Å². The van der Waals surface area contributed by atoms with Crippen LogP contribution in [0.3, 0.4) is 0 Å². The van der Waals surface area contributed by atoms with Crippen LogP contribution in [0.2, 0.25) is 0 Å². The van der Waals surface area contributed by atoms with Gasteiger partial charge in [-0.3, -0.25) is 0 Å². The summed E-state index contributed by atoms with van der Waals surface area (Å²) >= 11 is 1.71. The molecule has 0 saturated carbocycles. The minimum atomic E-state index is 0.714. The molecular weight excluding hydrogens is 280 g/mol. The van der Waals surface area contributed by atoms with E-state index in [9.17, 15) is 0 Å². The lowest BCUT2D eigenvalue weighted by molar-refractivity contribution is 0.356. The van der Waals surface area contributed by atoms with Gasteiger partial charge in [0.2, 0.25) is 0 Å². The number of rotatable bonds is 1. The fraction of sp³-hybridized carbons (Fsp3) is 0.438. The SMILES string of the molecule is CC1CC(C)CN(c2ncnc3c2sc2ncccc23)C1. The zero-order chi connectivity index (χ0) is 14.4. The van der Waals surface area contributed by atoms with Crippen molar-refractivity contribution >= 4 is 37.6 Å².